The number of carbonyl (C=O) groups excluding carboxylic acids is 2. The average Bonchev–Trinajstić information content (AvgIpc) is 3.15. The predicted octanol–water partition coefficient (Wildman–Crippen LogP) is 2.89. The SMILES string of the molecule is CC(=O)NCC(=O)N1CCCC(c2cccc(-c3cnc4ccc(Cl)cn34)n2)C1. The molecule has 8 heteroatoms. The van der Waals surface area contributed by atoms with Crippen LogP contribution < -0.4 is 5.32 Å². The lowest BCUT2D eigenvalue weighted by Crippen LogP contribution is -2.44. The van der Waals surface area contributed by atoms with Gasteiger partial charge in [0.1, 0.15) is 5.65 Å². The summed E-state index contributed by atoms with van der Waals surface area (Å²) < 4.78 is 1.93. The fraction of sp³-hybridized carbons (Fsp3) is 0.333. The second kappa shape index (κ2) is 8.21. The molecule has 2 amide bonds. The molecule has 1 N–H and O–H groups in total. The van der Waals surface area contributed by atoms with Gasteiger partial charge in [0, 0.05) is 37.8 Å². The molecule has 3 aromatic heterocycles. The lowest BCUT2D eigenvalue weighted by Gasteiger charge is -2.32. The molecule has 0 saturated carbocycles. The van der Waals surface area contributed by atoms with Crippen molar-refractivity contribution in [2.45, 2.75) is 25.7 Å². The fourth-order valence-electron chi connectivity index (χ4n) is 3.72. The van der Waals surface area contributed by atoms with E-state index in [9.17, 15) is 9.59 Å². The van der Waals surface area contributed by atoms with Gasteiger partial charge in [0.15, 0.2) is 0 Å². The number of nitrogens with zero attached hydrogens (tertiary/aromatic N) is 4. The maximum absolute atomic E-state index is 12.4. The number of imidazole rings is 1. The van der Waals surface area contributed by atoms with Crippen molar-refractivity contribution in [1.29, 1.82) is 0 Å². The van der Waals surface area contributed by atoms with Crippen molar-refractivity contribution in [3.05, 3.63) is 53.4 Å². The standard InChI is InChI=1S/C21H22ClN5O2/c1-14(28)23-11-21(29)26-9-3-4-15(12-26)17-5-2-6-18(25-17)19-10-24-20-8-7-16(22)13-27(19)20/h2,5-8,10,13,15H,3-4,9,11-12H2,1H3,(H,23,28). The summed E-state index contributed by atoms with van der Waals surface area (Å²) >= 11 is 6.15. The van der Waals surface area contributed by atoms with Crippen LogP contribution in [0, 0.1) is 0 Å². The molecule has 1 atom stereocenters. The summed E-state index contributed by atoms with van der Waals surface area (Å²) in [5, 5.41) is 3.21. The number of pyridine rings is 2. The zero-order valence-corrected chi connectivity index (χ0v) is 16.9. The molecule has 4 heterocycles. The van der Waals surface area contributed by atoms with Gasteiger partial charge in [0.2, 0.25) is 11.8 Å². The molecule has 0 aliphatic carbocycles. The van der Waals surface area contributed by atoms with Gasteiger partial charge in [-0.2, -0.15) is 0 Å². The summed E-state index contributed by atoms with van der Waals surface area (Å²) in [5.41, 5.74) is 3.46. The minimum absolute atomic E-state index is 0.0398. The molecule has 1 saturated heterocycles. The quantitative estimate of drug-likeness (QED) is 0.715. The van der Waals surface area contributed by atoms with Crippen molar-refractivity contribution in [3.63, 3.8) is 0 Å². The summed E-state index contributed by atoms with van der Waals surface area (Å²) in [7, 11) is 0. The van der Waals surface area contributed by atoms with Gasteiger partial charge in [-0.15, -0.1) is 0 Å². The number of hydrogen-bond donors (Lipinski definition) is 1. The van der Waals surface area contributed by atoms with E-state index in [2.05, 4.69) is 10.3 Å². The van der Waals surface area contributed by atoms with Gasteiger partial charge in [-0.1, -0.05) is 17.7 Å². The van der Waals surface area contributed by atoms with E-state index in [-0.39, 0.29) is 24.3 Å². The normalized spacial score (nSPS) is 16.8. The maximum atomic E-state index is 12.4. The molecule has 4 rings (SSSR count). The number of fused-ring (bicyclic) bond motifs is 1. The van der Waals surface area contributed by atoms with Crippen LogP contribution in [-0.4, -0.2) is 50.7 Å². The van der Waals surface area contributed by atoms with Crippen LogP contribution in [0.4, 0.5) is 0 Å². The first-order chi connectivity index (χ1) is 14.0. The predicted molar refractivity (Wildman–Crippen MR) is 111 cm³/mol. The van der Waals surface area contributed by atoms with Crippen LogP contribution >= 0.6 is 11.6 Å². The first kappa shape index (κ1) is 19.4. The summed E-state index contributed by atoms with van der Waals surface area (Å²) in [6, 6.07) is 9.63. The van der Waals surface area contributed by atoms with Gasteiger partial charge in [-0.05, 0) is 37.1 Å². The van der Waals surface area contributed by atoms with E-state index in [1.54, 1.807) is 6.20 Å². The van der Waals surface area contributed by atoms with Gasteiger partial charge in [-0.3, -0.25) is 19.0 Å². The molecule has 0 spiro atoms. The van der Waals surface area contributed by atoms with Gasteiger partial charge in [-0.25, -0.2) is 4.98 Å². The third-order valence-corrected chi connectivity index (χ3v) is 5.41. The topological polar surface area (TPSA) is 79.6 Å². The Balaban J connectivity index is 1.56. The first-order valence-electron chi connectivity index (χ1n) is 9.63. The van der Waals surface area contributed by atoms with E-state index in [1.165, 1.54) is 6.92 Å². The van der Waals surface area contributed by atoms with Crippen molar-refractivity contribution in [3.8, 4) is 11.4 Å². The lowest BCUT2D eigenvalue weighted by atomic mass is 9.94. The van der Waals surface area contributed by atoms with Crippen molar-refractivity contribution in [2.24, 2.45) is 0 Å². The monoisotopic (exact) mass is 411 g/mol. The molecule has 0 bridgehead atoms. The molecule has 1 unspecified atom stereocenters. The van der Waals surface area contributed by atoms with Crippen molar-refractivity contribution >= 4 is 29.1 Å². The average molecular weight is 412 g/mol. The van der Waals surface area contributed by atoms with Crippen LogP contribution in [0.5, 0.6) is 0 Å². The number of likely N-dealkylation sites (tertiary alicyclic amines) is 1. The number of piperidine rings is 1. The number of hydrogen-bond acceptors (Lipinski definition) is 4. The number of aromatic nitrogens is 3. The van der Waals surface area contributed by atoms with Crippen molar-refractivity contribution < 1.29 is 9.59 Å². The molecule has 150 valence electrons. The molecule has 0 aromatic carbocycles. The Bertz CT molecular complexity index is 1060. The van der Waals surface area contributed by atoms with E-state index in [4.69, 9.17) is 16.6 Å². The highest BCUT2D eigenvalue weighted by atomic mass is 35.5. The summed E-state index contributed by atoms with van der Waals surface area (Å²) in [4.78, 5) is 34.6. The Morgan fingerprint density at radius 1 is 1.28 bits per heavy atom. The van der Waals surface area contributed by atoms with Crippen LogP contribution in [0.15, 0.2) is 42.7 Å². The smallest absolute Gasteiger partial charge is 0.241 e. The fourth-order valence-corrected chi connectivity index (χ4v) is 3.88. The molecule has 29 heavy (non-hydrogen) atoms. The van der Waals surface area contributed by atoms with Crippen molar-refractivity contribution in [1.82, 2.24) is 24.6 Å². The number of carbonyl (C=O) groups is 2. The third-order valence-electron chi connectivity index (χ3n) is 5.18. The highest BCUT2D eigenvalue weighted by Gasteiger charge is 2.26. The molecule has 0 radical (unpaired) electrons. The first-order valence-corrected chi connectivity index (χ1v) is 10.0. The molecule has 1 fully saturated rings. The Morgan fingerprint density at radius 2 is 2.14 bits per heavy atom. The second-order valence-corrected chi connectivity index (χ2v) is 7.69. The molecular weight excluding hydrogens is 390 g/mol. The molecule has 3 aromatic rings. The highest BCUT2D eigenvalue weighted by molar-refractivity contribution is 6.30. The van der Waals surface area contributed by atoms with E-state index < -0.39 is 0 Å². The molecule has 1 aliphatic rings. The Labute approximate surface area is 173 Å². The van der Waals surface area contributed by atoms with E-state index in [0.29, 0.717) is 18.1 Å². The minimum Gasteiger partial charge on any atom is -0.347 e. The van der Waals surface area contributed by atoms with E-state index in [1.807, 2.05) is 45.8 Å². The van der Waals surface area contributed by atoms with Crippen LogP contribution in [0.1, 0.15) is 31.4 Å². The maximum Gasteiger partial charge on any atom is 0.241 e. The van der Waals surface area contributed by atoms with E-state index >= 15 is 0 Å². The van der Waals surface area contributed by atoms with Crippen LogP contribution in [0.3, 0.4) is 0 Å². The zero-order chi connectivity index (χ0) is 20.4. The van der Waals surface area contributed by atoms with Crippen LogP contribution in [-0.2, 0) is 9.59 Å². The number of halogens is 1. The Morgan fingerprint density at radius 3 is 2.97 bits per heavy atom. The minimum atomic E-state index is -0.200. The molecular formula is C21H22ClN5O2. The summed E-state index contributed by atoms with van der Waals surface area (Å²) in [5.74, 6) is -0.0975. The Kier molecular flexibility index (Phi) is 5.49. The number of rotatable bonds is 4. The second-order valence-electron chi connectivity index (χ2n) is 7.26. The van der Waals surface area contributed by atoms with Gasteiger partial charge in [0.25, 0.3) is 0 Å². The van der Waals surface area contributed by atoms with Crippen LogP contribution in [0.2, 0.25) is 5.02 Å². The van der Waals surface area contributed by atoms with Crippen LogP contribution in [0.25, 0.3) is 17.0 Å². The Hall–Kier alpha value is -2.93. The molecule has 7 nitrogen and oxygen atoms in total. The van der Waals surface area contributed by atoms with Gasteiger partial charge in [0.05, 0.1) is 29.2 Å². The third kappa shape index (κ3) is 4.24. The largest absolute Gasteiger partial charge is 0.347 e. The molecule has 1 aliphatic heterocycles. The lowest BCUT2D eigenvalue weighted by molar-refractivity contribution is -0.133. The van der Waals surface area contributed by atoms with Gasteiger partial charge < -0.3 is 10.2 Å². The number of amides is 2. The summed E-state index contributed by atoms with van der Waals surface area (Å²) in [6.45, 7) is 2.77. The van der Waals surface area contributed by atoms with Crippen molar-refractivity contribution in [2.75, 3.05) is 19.6 Å². The summed E-state index contributed by atoms with van der Waals surface area (Å²) in [6.07, 6.45) is 5.51. The van der Waals surface area contributed by atoms with Gasteiger partial charge >= 0.3 is 0 Å². The number of nitrogens with one attached hydrogen (secondary N) is 1. The van der Waals surface area contributed by atoms with E-state index in [0.717, 1.165) is 35.6 Å². The zero-order valence-electron chi connectivity index (χ0n) is 16.1. The highest BCUT2D eigenvalue weighted by Crippen LogP contribution is 2.28.